The molecule has 0 saturated heterocycles. The van der Waals surface area contributed by atoms with Crippen LogP contribution in [0.3, 0.4) is 0 Å². The van der Waals surface area contributed by atoms with E-state index in [4.69, 9.17) is 5.11 Å². The molecule has 0 aromatic carbocycles. The zero-order valence-corrected chi connectivity index (χ0v) is 11.0. The molecular formula is C13H28N2O. The number of hydrogen-bond donors (Lipinski definition) is 2. The van der Waals surface area contributed by atoms with Crippen molar-refractivity contribution in [3.05, 3.63) is 0 Å². The van der Waals surface area contributed by atoms with E-state index < -0.39 is 0 Å². The van der Waals surface area contributed by atoms with Crippen molar-refractivity contribution in [3.63, 3.8) is 0 Å². The van der Waals surface area contributed by atoms with Crippen molar-refractivity contribution in [1.29, 1.82) is 0 Å². The highest BCUT2D eigenvalue weighted by Crippen LogP contribution is 2.32. The van der Waals surface area contributed by atoms with Gasteiger partial charge in [-0.15, -0.1) is 0 Å². The smallest absolute Gasteiger partial charge is 0.0431 e. The van der Waals surface area contributed by atoms with Gasteiger partial charge in [-0.25, -0.2) is 0 Å². The van der Waals surface area contributed by atoms with Crippen LogP contribution in [0, 0.1) is 0 Å². The molecule has 1 aliphatic carbocycles. The second-order valence-electron chi connectivity index (χ2n) is 5.29. The summed E-state index contributed by atoms with van der Waals surface area (Å²) in [6, 6.07) is 0. The minimum atomic E-state index is 0.335. The molecule has 0 aliphatic heterocycles. The lowest BCUT2D eigenvalue weighted by atomic mass is 9.96. The van der Waals surface area contributed by atoms with Crippen LogP contribution in [0.15, 0.2) is 0 Å². The van der Waals surface area contributed by atoms with E-state index in [9.17, 15) is 0 Å². The van der Waals surface area contributed by atoms with E-state index in [0.717, 1.165) is 25.9 Å². The molecule has 96 valence electrons. The fourth-order valence-corrected chi connectivity index (χ4v) is 2.67. The Morgan fingerprint density at radius 1 is 1.12 bits per heavy atom. The zero-order valence-electron chi connectivity index (χ0n) is 11.0. The van der Waals surface area contributed by atoms with Gasteiger partial charge in [-0.1, -0.05) is 12.8 Å². The Hall–Kier alpha value is -0.120. The summed E-state index contributed by atoms with van der Waals surface area (Å²) in [4.78, 5) is 2.40. The van der Waals surface area contributed by atoms with Crippen LogP contribution in [0.4, 0.5) is 0 Å². The number of rotatable bonds is 8. The Kier molecular flexibility index (Phi) is 6.32. The second kappa shape index (κ2) is 7.25. The average Bonchev–Trinajstić information content (AvgIpc) is 2.73. The van der Waals surface area contributed by atoms with Crippen molar-refractivity contribution in [1.82, 2.24) is 10.2 Å². The van der Waals surface area contributed by atoms with Crippen molar-refractivity contribution >= 4 is 0 Å². The van der Waals surface area contributed by atoms with Crippen LogP contribution in [-0.4, -0.2) is 49.3 Å². The van der Waals surface area contributed by atoms with E-state index >= 15 is 0 Å². The summed E-state index contributed by atoms with van der Waals surface area (Å²) in [6.45, 7) is 2.55. The highest BCUT2D eigenvalue weighted by Gasteiger charge is 2.35. The van der Waals surface area contributed by atoms with Gasteiger partial charge in [0.2, 0.25) is 0 Å². The van der Waals surface area contributed by atoms with Crippen molar-refractivity contribution in [2.45, 2.75) is 50.5 Å². The quantitative estimate of drug-likeness (QED) is 0.620. The van der Waals surface area contributed by atoms with E-state index in [1.54, 1.807) is 0 Å². The van der Waals surface area contributed by atoms with Crippen molar-refractivity contribution in [2.75, 3.05) is 33.8 Å². The van der Waals surface area contributed by atoms with Gasteiger partial charge in [0.25, 0.3) is 0 Å². The van der Waals surface area contributed by atoms with E-state index in [1.807, 2.05) is 0 Å². The first-order valence-corrected chi connectivity index (χ1v) is 6.70. The van der Waals surface area contributed by atoms with Gasteiger partial charge in [0.15, 0.2) is 0 Å². The van der Waals surface area contributed by atoms with Gasteiger partial charge in [0, 0.05) is 18.7 Å². The van der Waals surface area contributed by atoms with Gasteiger partial charge in [-0.3, -0.25) is 0 Å². The van der Waals surface area contributed by atoms with Crippen molar-refractivity contribution in [2.24, 2.45) is 0 Å². The van der Waals surface area contributed by atoms with E-state index in [-0.39, 0.29) is 0 Å². The summed E-state index contributed by atoms with van der Waals surface area (Å²) in [5.41, 5.74) is 0.414. The largest absolute Gasteiger partial charge is 0.396 e. The molecule has 0 radical (unpaired) electrons. The van der Waals surface area contributed by atoms with Gasteiger partial charge in [0.05, 0.1) is 0 Å². The maximum absolute atomic E-state index is 8.68. The molecule has 1 saturated carbocycles. The summed E-state index contributed by atoms with van der Waals surface area (Å²) >= 11 is 0. The number of unbranched alkanes of at least 4 members (excludes halogenated alkanes) is 2. The van der Waals surface area contributed by atoms with E-state index in [2.05, 4.69) is 24.3 Å². The molecule has 1 rings (SSSR count). The number of hydrogen-bond acceptors (Lipinski definition) is 3. The number of aliphatic hydroxyl groups excluding tert-OH is 1. The number of aliphatic hydroxyl groups is 1. The molecule has 0 atom stereocenters. The van der Waals surface area contributed by atoms with E-state index in [1.165, 1.54) is 32.1 Å². The number of nitrogens with zero attached hydrogens (tertiary/aromatic N) is 1. The SMILES string of the molecule is CN(C)C1(CNCCCCCO)CCCC1. The standard InChI is InChI=1S/C13H28N2O/c1-15(2)13(8-4-5-9-13)12-14-10-6-3-7-11-16/h14,16H,3-12H2,1-2H3. The number of nitrogens with one attached hydrogen (secondary N) is 1. The van der Waals surface area contributed by atoms with Crippen LogP contribution < -0.4 is 5.32 Å². The summed E-state index contributed by atoms with van der Waals surface area (Å²) < 4.78 is 0. The van der Waals surface area contributed by atoms with Crippen molar-refractivity contribution in [3.8, 4) is 0 Å². The molecule has 3 heteroatoms. The molecule has 0 aromatic heterocycles. The maximum atomic E-state index is 8.68. The lowest BCUT2D eigenvalue weighted by Gasteiger charge is -2.36. The Labute approximate surface area is 100 Å². The fourth-order valence-electron chi connectivity index (χ4n) is 2.67. The van der Waals surface area contributed by atoms with Crippen LogP contribution >= 0.6 is 0 Å². The predicted octanol–water partition coefficient (Wildman–Crippen LogP) is 1.61. The molecule has 0 aromatic rings. The Morgan fingerprint density at radius 2 is 1.81 bits per heavy atom. The fraction of sp³-hybridized carbons (Fsp3) is 1.00. The van der Waals surface area contributed by atoms with Gasteiger partial charge in [-0.2, -0.15) is 0 Å². The monoisotopic (exact) mass is 228 g/mol. The topological polar surface area (TPSA) is 35.5 Å². The van der Waals surface area contributed by atoms with Gasteiger partial charge >= 0.3 is 0 Å². The summed E-state index contributed by atoms with van der Waals surface area (Å²) in [7, 11) is 4.41. The first kappa shape index (κ1) is 13.9. The second-order valence-corrected chi connectivity index (χ2v) is 5.29. The van der Waals surface area contributed by atoms with Gasteiger partial charge < -0.3 is 15.3 Å². The predicted molar refractivity (Wildman–Crippen MR) is 68.7 cm³/mol. The van der Waals surface area contributed by atoms with Gasteiger partial charge in [0.1, 0.15) is 0 Å². The molecule has 0 heterocycles. The highest BCUT2D eigenvalue weighted by atomic mass is 16.2. The molecule has 0 amide bonds. The molecule has 0 spiro atoms. The molecule has 0 bridgehead atoms. The third kappa shape index (κ3) is 4.04. The minimum Gasteiger partial charge on any atom is -0.396 e. The normalized spacial score (nSPS) is 19.5. The molecule has 3 nitrogen and oxygen atoms in total. The number of likely N-dealkylation sites (N-methyl/N-ethyl adjacent to an activating group) is 1. The summed E-state index contributed by atoms with van der Waals surface area (Å²) in [6.07, 6.45) is 8.70. The van der Waals surface area contributed by atoms with Crippen LogP contribution in [-0.2, 0) is 0 Å². The average molecular weight is 228 g/mol. The third-order valence-corrected chi connectivity index (χ3v) is 3.95. The van der Waals surface area contributed by atoms with Crippen LogP contribution in [0.25, 0.3) is 0 Å². The molecule has 1 aliphatic rings. The van der Waals surface area contributed by atoms with Gasteiger partial charge in [-0.05, 0) is 52.7 Å². The first-order valence-electron chi connectivity index (χ1n) is 6.70. The summed E-state index contributed by atoms with van der Waals surface area (Å²) in [5.74, 6) is 0. The third-order valence-electron chi connectivity index (χ3n) is 3.95. The maximum Gasteiger partial charge on any atom is 0.0431 e. The molecule has 0 unspecified atom stereocenters. The lowest BCUT2D eigenvalue weighted by molar-refractivity contribution is 0.154. The first-order chi connectivity index (χ1) is 7.71. The lowest BCUT2D eigenvalue weighted by Crippen LogP contribution is -2.49. The minimum absolute atomic E-state index is 0.335. The Balaban J connectivity index is 2.14. The molecule has 16 heavy (non-hydrogen) atoms. The summed E-state index contributed by atoms with van der Waals surface area (Å²) in [5, 5.41) is 12.3. The molecule has 1 fully saturated rings. The Bertz CT molecular complexity index is 177. The van der Waals surface area contributed by atoms with E-state index in [0.29, 0.717) is 12.1 Å². The van der Waals surface area contributed by atoms with Crippen molar-refractivity contribution < 1.29 is 5.11 Å². The van der Waals surface area contributed by atoms with Crippen LogP contribution in [0.5, 0.6) is 0 Å². The Morgan fingerprint density at radius 3 is 2.38 bits per heavy atom. The zero-order chi connectivity index (χ0) is 11.9. The molecular weight excluding hydrogens is 200 g/mol. The molecule has 2 N–H and O–H groups in total. The highest BCUT2D eigenvalue weighted by molar-refractivity contribution is 4.94. The van der Waals surface area contributed by atoms with Crippen LogP contribution in [0.1, 0.15) is 44.9 Å². The van der Waals surface area contributed by atoms with Crippen LogP contribution in [0.2, 0.25) is 0 Å².